The summed E-state index contributed by atoms with van der Waals surface area (Å²) in [6.45, 7) is 0.837. The summed E-state index contributed by atoms with van der Waals surface area (Å²) in [6, 6.07) is 8.96. The van der Waals surface area contributed by atoms with Crippen molar-refractivity contribution in [2.45, 2.75) is 57.7 Å². The number of nitrogens with two attached hydrogens (primary N) is 2. The fourth-order valence-electron chi connectivity index (χ4n) is 6.68. The first-order valence-corrected chi connectivity index (χ1v) is 16.8. The van der Waals surface area contributed by atoms with Crippen molar-refractivity contribution in [3.63, 3.8) is 0 Å². The van der Waals surface area contributed by atoms with Crippen LogP contribution in [0.1, 0.15) is 64.9 Å². The molecule has 2 aliphatic rings. The molecule has 0 spiro atoms. The zero-order valence-corrected chi connectivity index (χ0v) is 28.0. The molecule has 5 amide bonds. The zero-order chi connectivity index (χ0) is 36.8. The van der Waals surface area contributed by atoms with Crippen LogP contribution < -0.4 is 22.1 Å². The highest BCUT2D eigenvalue weighted by molar-refractivity contribution is 6.26. The van der Waals surface area contributed by atoms with Crippen LogP contribution in [0.25, 0.3) is 33.4 Å². The van der Waals surface area contributed by atoms with Crippen LogP contribution in [-0.4, -0.2) is 80.2 Å². The number of unbranched alkanes of at least 4 members (excludes halogenated alkanes) is 2. The van der Waals surface area contributed by atoms with Gasteiger partial charge in [0.25, 0.3) is 17.8 Å². The Kier molecular flexibility index (Phi) is 8.28. The van der Waals surface area contributed by atoms with Crippen molar-refractivity contribution in [1.82, 2.24) is 49.9 Å². The second-order valence-electron chi connectivity index (χ2n) is 12.7. The largest absolute Gasteiger partial charge is 0.424 e. The van der Waals surface area contributed by atoms with E-state index in [9.17, 15) is 24.0 Å². The van der Waals surface area contributed by atoms with Gasteiger partial charge in [0.15, 0.2) is 11.2 Å². The van der Waals surface area contributed by atoms with Gasteiger partial charge in [0.2, 0.25) is 17.7 Å². The standard InChI is InChI=1S/C34H31N13O6/c35-29-27-28(17-8-10-23-21(13-17)40-34(36)53-23)43-46(30(27)38-16-37-29)15-18-14-45(44-42-18)12-3-1-2-7-24(48)39-20-6-4-5-19-26(20)33(52)47(32(19)51)22-9-11-25(49)41-31(22)50/h4-6,8,10,13-14,16,22H,1-3,7,9,11-12,15H2,(H2,36,40)(H,39,48)(H2,35,37,38)(H,41,49,50). The minimum Gasteiger partial charge on any atom is -0.424 e. The molecular weight excluding hydrogens is 686 g/mol. The van der Waals surface area contributed by atoms with Gasteiger partial charge in [-0.1, -0.05) is 17.7 Å². The highest BCUT2D eigenvalue weighted by Gasteiger charge is 2.45. The van der Waals surface area contributed by atoms with Crippen LogP contribution in [0.15, 0.2) is 53.3 Å². The minimum absolute atomic E-state index is 0.0158. The van der Waals surface area contributed by atoms with Gasteiger partial charge in [-0.25, -0.2) is 14.6 Å². The lowest BCUT2D eigenvalue weighted by molar-refractivity contribution is -0.136. The summed E-state index contributed by atoms with van der Waals surface area (Å²) in [6.07, 6.45) is 5.43. The summed E-state index contributed by atoms with van der Waals surface area (Å²) >= 11 is 0. The molecule has 0 bridgehead atoms. The number of piperidine rings is 1. The van der Waals surface area contributed by atoms with Gasteiger partial charge in [-0.15, -0.1) is 5.10 Å². The number of aromatic nitrogens is 8. The van der Waals surface area contributed by atoms with Gasteiger partial charge in [-0.2, -0.15) is 10.1 Å². The Balaban J connectivity index is 0.857. The number of carbonyl (C=O) groups is 5. The fourth-order valence-corrected chi connectivity index (χ4v) is 6.68. The molecule has 2 aromatic carbocycles. The van der Waals surface area contributed by atoms with E-state index in [1.807, 2.05) is 18.3 Å². The van der Waals surface area contributed by atoms with Crippen LogP contribution in [0.2, 0.25) is 0 Å². The highest BCUT2D eigenvalue weighted by atomic mass is 16.4. The van der Waals surface area contributed by atoms with Gasteiger partial charge >= 0.3 is 0 Å². The molecule has 0 saturated carbocycles. The maximum atomic E-state index is 13.3. The van der Waals surface area contributed by atoms with Gasteiger partial charge in [0.05, 0.1) is 34.9 Å². The molecular formula is C34H31N13O6. The smallest absolute Gasteiger partial charge is 0.292 e. The summed E-state index contributed by atoms with van der Waals surface area (Å²) in [4.78, 5) is 76.9. The summed E-state index contributed by atoms with van der Waals surface area (Å²) < 4.78 is 8.80. The number of nitrogens with one attached hydrogen (secondary N) is 2. The Bertz CT molecular complexity index is 2480. The molecule has 4 aromatic heterocycles. The van der Waals surface area contributed by atoms with Gasteiger partial charge < -0.3 is 21.2 Å². The lowest BCUT2D eigenvalue weighted by Gasteiger charge is -2.27. The number of aryl methyl sites for hydroxylation is 1. The summed E-state index contributed by atoms with van der Waals surface area (Å²) in [5.41, 5.74) is 15.9. The van der Waals surface area contributed by atoms with Crippen LogP contribution in [0.5, 0.6) is 0 Å². The number of nitrogen functional groups attached to an aromatic ring is 2. The molecule has 19 nitrogen and oxygen atoms in total. The Morgan fingerprint density at radius 2 is 1.91 bits per heavy atom. The number of amides is 5. The summed E-state index contributed by atoms with van der Waals surface area (Å²) in [7, 11) is 0. The van der Waals surface area contributed by atoms with Crippen molar-refractivity contribution in [2.24, 2.45) is 0 Å². The first kappa shape index (κ1) is 33.1. The Hall–Kier alpha value is -7.05. The van der Waals surface area contributed by atoms with Crippen molar-refractivity contribution in [3.8, 4) is 11.3 Å². The average Bonchev–Trinajstić information content (AvgIpc) is 3.89. The van der Waals surface area contributed by atoms with Crippen molar-refractivity contribution in [2.75, 3.05) is 16.8 Å². The van der Waals surface area contributed by atoms with Gasteiger partial charge in [0, 0.05) is 24.9 Å². The Morgan fingerprint density at radius 3 is 2.75 bits per heavy atom. The predicted octanol–water partition coefficient (Wildman–Crippen LogP) is 2.04. The second-order valence-corrected chi connectivity index (χ2v) is 12.7. The third-order valence-corrected chi connectivity index (χ3v) is 9.17. The minimum atomic E-state index is -1.09. The topological polar surface area (TPSA) is 265 Å². The lowest BCUT2D eigenvalue weighted by Crippen LogP contribution is -2.54. The van der Waals surface area contributed by atoms with Crippen LogP contribution in [0.3, 0.4) is 0 Å². The molecule has 8 rings (SSSR count). The van der Waals surface area contributed by atoms with E-state index in [4.69, 9.17) is 21.0 Å². The molecule has 6 N–H and O–H groups in total. The van der Waals surface area contributed by atoms with E-state index < -0.39 is 29.7 Å². The Morgan fingerprint density at radius 1 is 1.04 bits per heavy atom. The number of hydrogen-bond donors (Lipinski definition) is 4. The summed E-state index contributed by atoms with van der Waals surface area (Å²) in [5.74, 6) is -2.51. The van der Waals surface area contributed by atoms with E-state index >= 15 is 0 Å². The predicted molar refractivity (Wildman–Crippen MR) is 186 cm³/mol. The molecule has 1 atom stereocenters. The third kappa shape index (κ3) is 6.17. The van der Waals surface area contributed by atoms with Gasteiger partial charge in [0.1, 0.15) is 35.1 Å². The van der Waals surface area contributed by atoms with Crippen LogP contribution in [0, 0.1) is 0 Å². The number of fused-ring (bicyclic) bond motifs is 3. The van der Waals surface area contributed by atoms with Crippen molar-refractivity contribution < 1.29 is 28.4 Å². The van der Waals surface area contributed by atoms with Gasteiger partial charge in [-0.05, 0) is 49.6 Å². The number of rotatable bonds is 11. The average molecular weight is 718 g/mol. The molecule has 2 aliphatic heterocycles. The first-order valence-electron chi connectivity index (χ1n) is 16.8. The molecule has 1 fully saturated rings. The molecule has 268 valence electrons. The van der Waals surface area contributed by atoms with Crippen LogP contribution in [0.4, 0.5) is 17.5 Å². The molecule has 1 unspecified atom stereocenters. The van der Waals surface area contributed by atoms with E-state index in [2.05, 4.69) is 35.9 Å². The van der Waals surface area contributed by atoms with E-state index in [0.717, 1.165) is 16.9 Å². The van der Waals surface area contributed by atoms with E-state index in [0.29, 0.717) is 52.9 Å². The maximum Gasteiger partial charge on any atom is 0.292 e. The number of anilines is 3. The van der Waals surface area contributed by atoms with Gasteiger partial charge in [-0.3, -0.25) is 38.9 Å². The fraction of sp³-hybridized carbons (Fsp3) is 0.265. The molecule has 1 saturated heterocycles. The van der Waals surface area contributed by atoms with E-state index in [1.54, 1.807) is 27.6 Å². The van der Waals surface area contributed by atoms with Crippen molar-refractivity contribution in [1.29, 1.82) is 0 Å². The monoisotopic (exact) mass is 717 g/mol. The Labute approximate surface area is 298 Å². The molecule has 6 aromatic rings. The number of imide groups is 2. The zero-order valence-electron chi connectivity index (χ0n) is 28.0. The van der Waals surface area contributed by atoms with Crippen molar-refractivity contribution in [3.05, 3.63) is 65.7 Å². The first-order chi connectivity index (χ1) is 25.6. The number of hydrogen-bond acceptors (Lipinski definition) is 14. The molecule has 0 aliphatic carbocycles. The normalized spacial score (nSPS) is 15.8. The summed E-state index contributed by atoms with van der Waals surface area (Å²) in [5, 5.41) is 18.9. The highest BCUT2D eigenvalue weighted by Crippen LogP contribution is 2.34. The molecule has 0 radical (unpaired) electrons. The third-order valence-electron chi connectivity index (χ3n) is 9.17. The number of benzene rings is 2. The SMILES string of the molecule is Nc1nc2cc(-c3nn(Cc4cn(CCCCCC(=O)Nc5cccc6c5C(=O)N(C5CCC(=O)NC5=O)C6=O)nn4)c4ncnc(N)c34)ccc2o1. The van der Waals surface area contributed by atoms with E-state index in [-0.39, 0.29) is 60.4 Å². The lowest BCUT2D eigenvalue weighted by atomic mass is 10.0. The molecule has 6 heterocycles. The number of oxazole rings is 1. The molecule has 19 heteroatoms. The maximum absolute atomic E-state index is 13.3. The second kappa shape index (κ2) is 13.2. The van der Waals surface area contributed by atoms with Crippen LogP contribution >= 0.6 is 0 Å². The number of carbonyl (C=O) groups excluding carboxylic acids is 5. The van der Waals surface area contributed by atoms with Crippen molar-refractivity contribution >= 4 is 69.2 Å². The number of nitrogens with zero attached hydrogens (tertiary/aromatic N) is 9. The quantitative estimate of drug-likeness (QED) is 0.110. The van der Waals surface area contributed by atoms with E-state index in [1.165, 1.54) is 12.4 Å². The van der Waals surface area contributed by atoms with Crippen LogP contribution in [-0.2, 0) is 27.5 Å². The molecule has 53 heavy (non-hydrogen) atoms.